The molecule has 0 radical (unpaired) electrons. The second-order valence-electron chi connectivity index (χ2n) is 6.71. The molecular weight excluding hydrogens is 507 g/mol. The Hall–Kier alpha value is -2.33. The zero-order chi connectivity index (χ0) is 21.8. The van der Waals surface area contributed by atoms with Gasteiger partial charge < -0.3 is 25.4 Å². The summed E-state index contributed by atoms with van der Waals surface area (Å²) in [6, 6.07) is 13.6. The summed E-state index contributed by atoms with van der Waals surface area (Å²) in [5.74, 6) is 1.44. The first-order valence-electron chi connectivity index (χ1n) is 10.1. The molecule has 0 spiro atoms. The van der Waals surface area contributed by atoms with E-state index < -0.39 is 0 Å². The smallest absolute Gasteiger partial charge is 0.251 e. The van der Waals surface area contributed by atoms with Crippen molar-refractivity contribution in [1.82, 2.24) is 16.0 Å². The summed E-state index contributed by atoms with van der Waals surface area (Å²) in [6.07, 6.45) is 0. The Bertz CT molecular complexity index is 841. The van der Waals surface area contributed by atoms with Gasteiger partial charge in [-0.2, -0.15) is 0 Å². The molecular formula is C23H33IN4O3. The Kier molecular flexibility index (Phi) is 12.6. The van der Waals surface area contributed by atoms with E-state index >= 15 is 0 Å². The molecule has 3 N–H and O–H groups in total. The van der Waals surface area contributed by atoms with Crippen LogP contribution < -0.4 is 20.7 Å². The number of aliphatic imine (C=N–C) groups is 1. The van der Waals surface area contributed by atoms with Gasteiger partial charge in [-0.25, -0.2) is 0 Å². The Labute approximate surface area is 202 Å². The van der Waals surface area contributed by atoms with Gasteiger partial charge in [0.05, 0.1) is 6.61 Å². The second kappa shape index (κ2) is 14.6. The number of hydrogen-bond acceptors (Lipinski definition) is 4. The molecule has 0 saturated carbocycles. The fourth-order valence-electron chi connectivity index (χ4n) is 2.80. The van der Waals surface area contributed by atoms with E-state index in [4.69, 9.17) is 9.47 Å². The highest BCUT2D eigenvalue weighted by Gasteiger charge is 2.07. The average molecular weight is 540 g/mol. The zero-order valence-corrected chi connectivity index (χ0v) is 21.0. The molecule has 0 aliphatic rings. The molecule has 0 bridgehead atoms. The maximum atomic E-state index is 11.6. The van der Waals surface area contributed by atoms with Crippen LogP contribution >= 0.6 is 24.0 Å². The Morgan fingerprint density at radius 2 is 1.74 bits per heavy atom. The summed E-state index contributed by atoms with van der Waals surface area (Å²) in [5.41, 5.74) is 3.89. The molecule has 0 saturated heterocycles. The summed E-state index contributed by atoms with van der Waals surface area (Å²) >= 11 is 0. The van der Waals surface area contributed by atoms with Gasteiger partial charge >= 0.3 is 0 Å². The molecule has 2 aromatic carbocycles. The maximum absolute atomic E-state index is 11.6. The van der Waals surface area contributed by atoms with Crippen LogP contribution in [0.4, 0.5) is 0 Å². The topological polar surface area (TPSA) is 84.0 Å². The number of rotatable bonds is 10. The molecule has 2 rings (SSSR count). The largest absolute Gasteiger partial charge is 0.491 e. The van der Waals surface area contributed by atoms with E-state index in [1.54, 1.807) is 14.1 Å². The van der Waals surface area contributed by atoms with Gasteiger partial charge in [-0.15, -0.1) is 24.0 Å². The van der Waals surface area contributed by atoms with Gasteiger partial charge in [0.15, 0.2) is 5.96 Å². The van der Waals surface area contributed by atoms with Crippen LogP contribution in [0.15, 0.2) is 47.5 Å². The van der Waals surface area contributed by atoms with Gasteiger partial charge in [-0.05, 0) is 43.2 Å². The minimum atomic E-state index is -0.0932. The van der Waals surface area contributed by atoms with Crippen LogP contribution in [0.1, 0.15) is 34.0 Å². The van der Waals surface area contributed by atoms with Crippen molar-refractivity contribution in [1.29, 1.82) is 0 Å². The van der Waals surface area contributed by atoms with Crippen molar-refractivity contribution in [2.24, 2.45) is 4.99 Å². The number of nitrogens with one attached hydrogen (secondary N) is 3. The van der Waals surface area contributed by atoms with E-state index in [1.807, 2.05) is 44.2 Å². The van der Waals surface area contributed by atoms with Gasteiger partial charge in [0, 0.05) is 44.9 Å². The second-order valence-corrected chi connectivity index (χ2v) is 6.71. The quantitative estimate of drug-likeness (QED) is 0.187. The minimum Gasteiger partial charge on any atom is -0.491 e. The van der Waals surface area contributed by atoms with Crippen molar-refractivity contribution in [3.05, 3.63) is 64.7 Å². The van der Waals surface area contributed by atoms with Crippen LogP contribution in [0.25, 0.3) is 0 Å². The standard InChI is InChI=1S/C23H32N4O3.HI/c1-5-29-12-13-30-21-14-17(2)6-9-20(21)16-27-23(25-4)26-15-18-7-10-19(11-8-18)22(28)24-3;/h6-11,14H,5,12-13,15-16H2,1-4H3,(H,24,28)(H2,25,26,27);1H. The molecule has 8 heteroatoms. The number of halogens is 1. The molecule has 0 aromatic heterocycles. The van der Waals surface area contributed by atoms with Gasteiger partial charge in [0.1, 0.15) is 12.4 Å². The Morgan fingerprint density at radius 1 is 1.03 bits per heavy atom. The lowest BCUT2D eigenvalue weighted by molar-refractivity contribution is 0.0963. The lowest BCUT2D eigenvalue weighted by Crippen LogP contribution is -2.36. The monoisotopic (exact) mass is 540 g/mol. The van der Waals surface area contributed by atoms with Crippen LogP contribution in [0.2, 0.25) is 0 Å². The van der Waals surface area contributed by atoms with E-state index in [2.05, 4.69) is 33.1 Å². The third kappa shape index (κ3) is 9.14. The number of aryl methyl sites for hydroxylation is 1. The van der Waals surface area contributed by atoms with Crippen molar-refractivity contribution in [2.45, 2.75) is 26.9 Å². The number of carbonyl (C=O) groups is 1. The summed E-state index contributed by atoms with van der Waals surface area (Å²) in [7, 11) is 3.36. The van der Waals surface area contributed by atoms with Gasteiger partial charge in [0.2, 0.25) is 0 Å². The fraction of sp³-hybridized carbons (Fsp3) is 0.391. The number of benzene rings is 2. The fourth-order valence-corrected chi connectivity index (χ4v) is 2.80. The lowest BCUT2D eigenvalue weighted by Gasteiger charge is -2.16. The highest BCUT2D eigenvalue weighted by molar-refractivity contribution is 14.0. The zero-order valence-electron chi connectivity index (χ0n) is 18.7. The first-order chi connectivity index (χ1) is 14.6. The third-order valence-electron chi connectivity index (χ3n) is 4.49. The Balaban J connectivity index is 0.00000480. The number of guanidine groups is 1. The van der Waals surface area contributed by atoms with Gasteiger partial charge in [-0.1, -0.05) is 24.3 Å². The number of nitrogens with zero attached hydrogens (tertiary/aromatic N) is 1. The molecule has 1 amide bonds. The summed E-state index contributed by atoms with van der Waals surface area (Å²) in [6.45, 7) is 6.96. The number of hydrogen-bond donors (Lipinski definition) is 3. The van der Waals surface area contributed by atoms with Crippen molar-refractivity contribution < 1.29 is 14.3 Å². The molecule has 0 aliphatic heterocycles. The number of amides is 1. The Morgan fingerprint density at radius 3 is 2.39 bits per heavy atom. The van der Waals surface area contributed by atoms with E-state index in [-0.39, 0.29) is 29.9 Å². The van der Waals surface area contributed by atoms with Crippen molar-refractivity contribution in [3.8, 4) is 5.75 Å². The molecule has 7 nitrogen and oxygen atoms in total. The normalized spacial score (nSPS) is 10.8. The van der Waals surface area contributed by atoms with E-state index in [0.717, 1.165) is 22.4 Å². The molecule has 0 aliphatic carbocycles. The van der Waals surface area contributed by atoms with E-state index in [0.29, 0.717) is 44.4 Å². The minimum absolute atomic E-state index is 0. The molecule has 0 heterocycles. The third-order valence-corrected chi connectivity index (χ3v) is 4.49. The van der Waals surface area contributed by atoms with Crippen LogP contribution in [0.5, 0.6) is 5.75 Å². The van der Waals surface area contributed by atoms with E-state index in [9.17, 15) is 4.79 Å². The number of ether oxygens (including phenoxy) is 2. The van der Waals surface area contributed by atoms with Gasteiger partial charge in [-0.3, -0.25) is 9.79 Å². The summed E-state index contributed by atoms with van der Waals surface area (Å²) in [4.78, 5) is 15.9. The molecule has 170 valence electrons. The number of carbonyl (C=O) groups excluding carboxylic acids is 1. The lowest BCUT2D eigenvalue weighted by atomic mass is 10.1. The van der Waals surface area contributed by atoms with E-state index in [1.165, 1.54) is 0 Å². The van der Waals surface area contributed by atoms with Crippen molar-refractivity contribution in [2.75, 3.05) is 33.9 Å². The van der Waals surface area contributed by atoms with Gasteiger partial charge in [0.25, 0.3) is 5.91 Å². The van der Waals surface area contributed by atoms with Crippen molar-refractivity contribution >= 4 is 35.8 Å². The highest BCUT2D eigenvalue weighted by Crippen LogP contribution is 2.20. The first-order valence-corrected chi connectivity index (χ1v) is 10.1. The van der Waals surface area contributed by atoms with Crippen LogP contribution in [0.3, 0.4) is 0 Å². The van der Waals surface area contributed by atoms with Crippen LogP contribution in [0, 0.1) is 6.92 Å². The first kappa shape index (κ1) is 26.7. The molecule has 2 aromatic rings. The average Bonchev–Trinajstić information content (AvgIpc) is 2.77. The van der Waals surface area contributed by atoms with Crippen LogP contribution in [-0.2, 0) is 17.8 Å². The molecule has 0 unspecified atom stereocenters. The summed E-state index contributed by atoms with van der Waals surface area (Å²) in [5, 5.41) is 9.22. The molecule has 31 heavy (non-hydrogen) atoms. The molecule has 0 fully saturated rings. The predicted molar refractivity (Wildman–Crippen MR) is 135 cm³/mol. The van der Waals surface area contributed by atoms with Crippen LogP contribution in [-0.4, -0.2) is 45.8 Å². The summed E-state index contributed by atoms with van der Waals surface area (Å²) < 4.78 is 11.2. The highest BCUT2D eigenvalue weighted by atomic mass is 127. The SMILES string of the molecule is CCOCCOc1cc(C)ccc1CNC(=NC)NCc1ccc(C(=O)NC)cc1.I. The predicted octanol–water partition coefficient (Wildman–Crippen LogP) is 3.25. The maximum Gasteiger partial charge on any atom is 0.251 e. The molecule has 0 atom stereocenters. The van der Waals surface area contributed by atoms with Crippen molar-refractivity contribution in [3.63, 3.8) is 0 Å².